The predicted molar refractivity (Wildman–Crippen MR) is 304 cm³/mol. The van der Waals surface area contributed by atoms with Crippen molar-refractivity contribution in [3.8, 4) is 0 Å². The minimum atomic E-state index is 0. The van der Waals surface area contributed by atoms with E-state index in [9.17, 15) is 0 Å². The summed E-state index contributed by atoms with van der Waals surface area (Å²) in [5.41, 5.74) is 38.6. The van der Waals surface area contributed by atoms with E-state index in [2.05, 4.69) is 238 Å². The van der Waals surface area contributed by atoms with Crippen molar-refractivity contribution in [2.24, 2.45) is 11.8 Å². The molecular formula is C65H96N4Y2. The van der Waals surface area contributed by atoms with Crippen molar-refractivity contribution in [1.29, 1.82) is 0 Å². The molecule has 0 spiro atoms. The second-order valence-electron chi connectivity index (χ2n) is 21.6. The average Bonchev–Trinajstić information content (AvgIpc) is 3.31. The van der Waals surface area contributed by atoms with Crippen LogP contribution in [0.5, 0.6) is 0 Å². The molecule has 2 radical (unpaired) electrons. The third-order valence-electron chi connectivity index (χ3n) is 17.8. The van der Waals surface area contributed by atoms with Crippen LogP contribution in [-0.2, 0) is 65.4 Å². The molecule has 4 nitrogen and oxygen atoms in total. The number of nitrogens with zero attached hydrogens (tertiary/aromatic N) is 4. The third kappa shape index (κ3) is 12.9. The summed E-state index contributed by atoms with van der Waals surface area (Å²) in [5, 5.41) is 0. The fraction of sp³-hybridized carbons (Fsp3) is 0.508. The van der Waals surface area contributed by atoms with Crippen molar-refractivity contribution in [1.82, 2.24) is 0 Å². The molecule has 0 saturated carbocycles. The van der Waals surface area contributed by atoms with Crippen molar-refractivity contribution in [2.45, 2.75) is 200 Å². The van der Waals surface area contributed by atoms with Crippen molar-refractivity contribution in [2.75, 3.05) is 13.3 Å². The van der Waals surface area contributed by atoms with Gasteiger partial charge in [-0.2, -0.15) is 44.0 Å². The Morgan fingerprint density at radius 2 is 0.606 bits per heavy atom. The van der Waals surface area contributed by atoms with Gasteiger partial charge < -0.3 is 12.8 Å². The summed E-state index contributed by atoms with van der Waals surface area (Å²) >= 11 is 0. The number of hydrogen-bond donors (Lipinski definition) is 0. The van der Waals surface area contributed by atoms with Gasteiger partial charge in [0.25, 0.3) is 0 Å². The first-order chi connectivity index (χ1) is 32.0. The number of rotatable bonds is 8. The van der Waals surface area contributed by atoms with Crippen LogP contribution < -0.4 is 0 Å². The monoisotopic (exact) mass is 1110 g/mol. The largest absolute Gasteiger partial charge is 0.340 e. The van der Waals surface area contributed by atoms with Gasteiger partial charge in [0.15, 0.2) is 0 Å². The van der Waals surface area contributed by atoms with Gasteiger partial charge in [-0.05, 0) is 233 Å². The molecule has 0 saturated heterocycles. The summed E-state index contributed by atoms with van der Waals surface area (Å²) in [7, 11) is 0. The molecule has 5 rings (SSSR count). The van der Waals surface area contributed by atoms with Gasteiger partial charge >= 0.3 is 13.3 Å². The molecule has 0 aliphatic carbocycles. The first-order valence-electron chi connectivity index (χ1n) is 26.0. The van der Waals surface area contributed by atoms with Crippen LogP contribution in [-0.4, -0.2) is 54.5 Å². The normalized spacial score (nSPS) is 17.9. The molecule has 1 aliphatic heterocycles. The predicted octanol–water partition coefficient (Wildman–Crippen LogP) is 16.8. The Hall–Kier alpha value is -2.75. The van der Waals surface area contributed by atoms with Crippen molar-refractivity contribution in [3.63, 3.8) is 0 Å². The topological polar surface area (TPSA) is 12.0 Å². The zero-order chi connectivity index (χ0) is 52.6. The molecule has 382 valence electrons. The number of benzene rings is 4. The molecule has 6 heteroatoms. The van der Waals surface area contributed by atoms with E-state index in [4.69, 9.17) is 0 Å². The summed E-state index contributed by atoms with van der Waals surface area (Å²) in [6.07, 6.45) is 10.6. The summed E-state index contributed by atoms with van der Waals surface area (Å²) in [5.74, 6) is 1.05. The van der Waals surface area contributed by atoms with E-state index in [0.29, 0.717) is 11.8 Å². The van der Waals surface area contributed by atoms with Crippen LogP contribution in [0.1, 0.15) is 173 Å². The van der Waals surface area contributed by atoms with E-state index in [1.807, 2.05) is 0 Å². The van der Waals surface area contributed by atoms with Gasteiger partial charge in [0.2, 0.25) is 22.7 Å². The van der Waals surface area contributed by atoms with E-state index in [0.717, 1.165) is 19.8 Å². The minimum absolute atomic E-state index is 0. The van der Waals surface area contributed by atoms with Gasteiger partial charge in [0.1, 0.15) is 0 Å². The summed E-state index contributed by atoms with van der Waals surface area (Å²) < 4.78 is 10.2. The molecule has 0 N–H and O–H groups in total. The average molecular weight is 1110 g/mol. The van der Waals surface area contributed by atoms with Crippen LogP contribution in [0.15, 0.2) is 0 Å². The molecule has 0 bridgehead atoms. The molecule has 1 heterocycles. The first kappa shape index (κ1) is 64.4. The van der Waals surface area contributed by atoms with Crippen molar-refractivity contribution in [3.05, 3.63) is 137 Å². The van der Waals surface area contributed by atoms with E-state index in [1.54, 1.807) is 0 Å². The van der Waals surface area contributed by atoms with Crippen LogP contribution >= 0.6 is 0 Å². The summed E-state index contributed by atoms with van der Waals surface area (Å²) in [4.78, 5) is 0. The maximum atomic E-state index is 2.59. The Labute approximate surface area is 487 Å². The maximum absolute atomic E-state index is 2.59. The van der Waals surface area contributed by atoms with Crippen molar-refractivity contribution < 1.29 is 83.7 Å². The van der Waals surface area contributed by atoms with Crippen LogP contribution in [0.3, 0.4) is 0 Å². The summed E-state index contributed by atoms with van der Waals surface area (Å²) in [6.45, 7) is 65.3. The van der Waals surface area contributed by atoms with Crippen LogP contribution in [0.2, 0.25) is 0 Å². The second kappa shape index (κ2) is 26.1. The maximum Gasteiger partial charge on any atom is 0.340 e. The standard InChI is InChI=1S/C34H50N2.C31H46N2.2Y/c1-19-15-20(2)17-22(4)36(34-31(13)27(9)24(6)28(10)32(34)14)18-35(21(3)16-19)33-29(11)25(7)23(5)26(8)30(33)12;1-15-18(3)32(30-26(11)22(7)20(5)23(8)27(30)12)17-33(19(4)16-2)31-28(13)24(9)21(6)25(10)29(31)14;;/h16-17,19-20H,15,18H2,1-14H3;15-16H,17H2,1-14H3;;/b35-21+,36-22+;32-18+,33-19+;;. The second-order valence-corrected chi connectivity index (χ2v) is 21.6. The van der Waals surface area contributed by atoms with E-state index in [1.165, 1.54) is 157 Å². The molecular weight excluding hydrogens is 1010 g/mol. The zero-order valence-electron chi connectivity index (χ0n) is 50.5. The van der Waals surface area contributed by atoms with Crippen LogP contribution in [0.25, 0.3) is 0 Å². The Bertz CT molecular complexity index is 2520. The van der Waals surface area contributed by atoms with Crippen molar-refractivity contribution >= 4 is 45.6 Å². The Kier molecular flexibility index (Phi) is 23.7. The number of hydrogen-bond acceptors (Lipinski definition) is 0. The Morgan fingerprint density at radius 1 is 0.394 bits per heavy atom. The molecule has 71 heavy (non-hydrogen) atoms. The zero-order valence-corrected chi connectivity index (χ0v) is 56.2. The van der Waals surface area contributed by atoms with Gasteiger partial charge in [0, 0.05) is 133 Å². The fourth-order valence-corrected chi connectivity index (χ4v) is 11.3. The molecule has 1 aliphatic rings. The Morgan fingerprint density at radius 3 is 0.831 bits per heavy atom. The van der Waals surface area contributed by atoms with Gasteiger partial charge in [-0.25, -0.2) is 0 Å². The minimum Gasteiger partial charge on any atom is -0.304 e. The molecule has 0 aromatic heterocycles. The molecule has 0 fully saturated rings. The molecule has 2 atom stereocenters. The smallest absolute Gasteiger partial charge is 0.304 e. The van der Waals surface area contributed by atoms with E-state index < -0.39 is 0 Å². The van der Waals surface area contributed by atoms with Gasteiger partial charge in [-0.3, -0.25) is 12.8 Å². The molecule has 2 unspecified atom stereocenters. The quantitative estimate of drug-likeness (QED) is 0.0721. The van der Waals surface area contributed by atoms with E-state index >= 15 is 0 Å². The third-order valence-corrected chi connectivity index (χ3v) is 17.8. The molecule has 4 aromatic rings. The molecule has 0 amide bonds. The SMILES string of the molecule is C/C1=[N+](\c2c(C)c(C)c(C)c(C)c2C)C/[N+](c2c(C)c(C)c(C)c(C)c2C)=C(/C)[CH-]C(C)CC(C)[CH-]1.C[CH-]/C(C)=[N+](\C/[N+](=C(/C)[CH-]C)c1c(C)c(C)c(C)c(C)c1C)c1c(C)c(C)c(C)c(C)c1C.[Y].[Y]. The Balaban J connectivity index is 0.000000475. The van der Waals surface area contributed by atoms with Crippen LogP contribution in [0.4, 0.5) is 22.7 Å². The van der Waals surface area contributed by atoms with Gasteiger partial charge in [0.05, 0.1) is 0 Å². The van der Waals surface area contributed by atoms with Gasteiger partial charge in [-0.1, -0.05) is 20.3 Å². The molecule has 4 aromatic carbocycles. The summed E-state index contributed by atoms with van der Waals surface area (Å²) in [6, 6.07) is 0. The van der Waals surface area contributed by atoms with E-state index in [-0.39, 0.29) is 65.4 Å². The van der Waals surface area contributed by atoms with Crippen LogP contribution in [0, 0.1) is 176 Å². The first-order valence-corrected chi connectivity index (χ1v) is 26.0. The van der Waals surface area contributed by atoms with Gasteiger partial charge in [-0.15, -0.1) is 0 Å². The fourth-order valence-electron chi connectivity index (χ4n) is 11.3.